The molecule has 1 aromatic rings. The van der Waals surface area contributed by atoms with E-state index in [0.717, 1.165) is 0 Å². The van der Waals surface area contributed by atoms with Gasteiger partial charge in [0, 0.05) is 5.69 Å². The molecule has 2 N–H and O–H groups in total. The molecule has 1 rings (SSSR count). The van der Waals surface area contributed by atoms with Crippen LogP contribution in [0.5, 0.6) is 5.75 Å². The molecular weight excluding hydrogens is 302 g/mol. The number of aliphatic carboxylic acids is 1. The van der Waals surface area contributed by atoms with Gasteiger partial charge in [-0.05, 0) is 48.0 Å². The molecule has 0 unspecified atom stereocenters. The normalized spacial score (nSPS) is 10.9. The molecule has 0 heterocycles. The number of anilines is 1. The SMILES string of the molecule is COc1ccc(NC(=O)C(C)(C)C(=O)O)cc1Br. The Kier molecular flexibility index (Phi) is 4.34. The Hall–Kier alpha value is -1.56. The molecule has 0 spiro atoms. The quantitative estimate of drug-likeness (QED) is 0.837. The van der Waals surface area contributed by atoms with Crippen LogP contribution < -0.4 is 10.1 Å². The average Bonchev–Trinajstić information content (AvgIpc) is 2.28. The van der Waals surface area contributed by atoms with Crippen molar-refractivity contribution in [3.8, 4) is 5.75 Å². The minimum atomic E-state index is -1.48. The maximum Gasteiger partial charge on any atom is 0.318 e. The predicted molar refractivity (Wildman–Crippen MR) is 70.7 cm³/mol. The highest BCUT2D eigenvalue weighted by Crippen LogP contribution is 2.28. The van der Waals surface area contributed by atoms with Crippen molar-refractivity contribution in [1.29, 1.82) is 0 Å². The number of benzene rings is 1. The standard InChI is InChI=1S/C12H14BrNO4/c1-12(2,11(16)17)10(15)14-7-4-5-9(18-3)8(13)6-7/h4-6H,1-3H3,(H,14,15)(H,16,17). The van der Waals surface area contributed by atoms with Crippen molar-refractivity contribution in [2.24, 2.45) is 5.41 Å². The van der Waals surface area contributed by atoms with Crippen molar-refractivity contribution in [2.45, 2.75) is 13.8 Å². The molecule has 0 aliphatic carbocycles. The summed E-state index contributed by atoms with van der Waals surface area (Å²) >= 11 is 3.28. The van der Waals surface area contributed by atoms with Crippen LogP contribution in [0.1, 0.15) is 13.8 Å². The summed E-state index contributed by atoms with van der Waals surface area (Å²) < 4.78 is 5.73. The third-order valence-corrected chi connectivity index (χ3v) is 3.13. The van der Waals surface area contributed by atoms with Crippen LogP contribution in [0, 0.1) is 5.41 Å². The highest BCUT2D eigenvalue weighted by Gasteiger charge is 2.36. The van der Waals surface area contributed by atoms with Crippen LogP contribution in [-0.2, 0) is 9.59 Å². The fourth-order valence-electron chi connectivity index (χ4n) is 1.13. The van der Waals surface area contributed by atoms with E-state index in [-0.39, 0.29) is 0 Å². The molecule has 0 saturated heterocycles. The molecular formula is C12H14BrNO4. The summed E-state index contributed by atoms with van der Waals surface area (Å²) in [5.41, 5.74) is -0.978. The highest BCUT2D eigenvalue weighted by molar-refractivity contribution is 9.10. The topological polar surface area (TPSA) is 75.6 Å². The summed E-state index contributed by atoms with van der Waals surface area (Å²) in [7, 11) is 1.53. The largest absolute Gasteiger partial charge is 0.496 e. The fraction of sp³-hybridized carbons (Fsp3) is 0.333. The lowest BCUT2D eigenvalue weighted by Gasteiger charge is -2.18. The van der Waals surface area contributed by atoms with Gasteiger partial charge < -0.3 is 15.2 Å². The molecule has 6 heteroatoms. The molecule has 1 aromatic carbocycles. The van der Waals surface area contributed by atoms with Crippen LogP contribution >= 0.6 is 15.9 Å². The van der Waals surface area contributed by atoms with Crippen LogP contribution in [0.3, 0.4) is 0 Å². The molecule has 0 fully saturated rings. The summed E-state index contributed by atoms with van der Waals surface area (Å²) in [5.74, 6) is -1.12. The summed E-state index contributed by atoms with van der Waals surface area (Å²) in [5, 5.41) is 11.5. The van der Waals surface area contributed by atoms with E-state index in [1.54, 1.807) is 18.2 Å². The first-order valence-corrected chi connectivity index (χ1v) is 5.96. The van der Waals surface area contributed by atoms with Gasteiger partial charge in [-0.15, -0.1) is 0 Å². The minimum Gasteiger partial charge on any atom is -0.496 e. The Bertz CT molecular complexity index is 485. The summed E-state index contributed by atoms with van der Waals surface area (Å²) in [6.07, 6.45) is 0. The molecule has 18 heavy (non-hydrogen) atoms. The molecule has 0 atom stereocenters. The molecule has 0 saturated carbocycles. The Morgan fingerprint density at radius 1 is 1.39 bits per heavy atom. The number of hydrogen-bond donors (Lipinski definition) is 2. The number of rotatable bonds is 4. The smallest absolute Gasteiger partial charge is 0.318 e. The molecule has 0 aromatic heterocycles. The Labute approximate surface area is 113 Å². The first kappa shape index (κ1) is 14.5. The van der Waals surface area contributed by atoms with E-state index in [1.807, 2.05) is 0 Å². The monoisotopic (exact) mass is 315 g/mol. The van der Waals surface area contributed by atoms with Gasteiger partial charge in [-0.25, -0.2) is 0 Å². The molecule has 0 radical (unpaired) electrons. The number of carbonyl (C=O) groups is 2. The van der Waals surface area contributed by atoms with Crippen molar-refractivity contribution < 1.29 is 19.4 Å². The molecule has 5 nitrogen and oxygen atoms in total. The zero-order valence-corrected chi connectivity index (χ0v) is 11.9. The van der Waals surface area contributed by atoms with Gasteiger partial charge in [0.25, 0.3) is 0 Å². The van der Waals surface area contributed by atoms with Gasteiger partial charge in [-0.1, -0.05) is 0 Å². The molecule has 0 aliphatic heterocycles. The van der Waals surface area contributed by atoms with Crippen molar-refractivity contribution in [3.05, 3.63) is 22.7 Å². The number of carboxylic acids is 1. The van der Waals surface area contributed by atoms with E-state index < -0.39 is 17.3 Å². The maximum absolute atomic E-state index is 11.8. The van der Waals surface area contributed by atoms with Gasteiger partial charge >= 0.3 is 5.97 Å². The maximum atomic E-state index is 11.8. The van der Waals surface area contributed by atoms with E-state index in [4.69, 9.17) is 9.84 Å². The number of carbonyl (C=O) groups excluding carboxylic acids is 1. The second kappa shape index (κ2) is 5.39. The van der Waals surface area contributed by atoms with Crippen LogP contribution in [0.25, 0.3) is 0 Å². The Morgan fingerprint density at radius 2 is 2.00 bits per heavy atom. The van der Waals surface area contributed by atoms with Gasteiger partial charge in [-0.2, -0.15) is 0 Å². The number of halogens is 1. The van der Waals surface area contributed by atoms with Crippen LogP contribution in [0.15, 0.2) is 22.7 Å². The van der Waals surface area contributed by atoms with E-state index in [9.17, 15) is 9.59 Å². The lowest BCUT2D eigenvalue weighted by molar-refractivity contribution is -0.151. The van der Waals surface area contributed by atoms with E-state index in [1.165, 1.54) is 21.0 Å². The Morgan fingerprint density at radius 3 is 2.44 bits per heavy atom. The third-order valence-electron chi connectivity index (χ3n) is 2.51. The van der Waals surface area contributed by atoms with E-state index in [0.29, 0.717) is 15.9 Å². The van der Waals surface area contributed by atoms with Crippen molar-refractivity contribution in [2.75, 3.05) is 12.4 Å². The van der Waals surface area contributed by atoms with Crippen molar-refractivity contribution >= 4 is 33.5 Å². The highest BCUT2D eigenvalue weighted by atomic mass is 79.9. The molecule has 1 amide bonds. The number of methoxy groups -OCH3 is 1. The fourth-order valence-corrected chi connectivity index (χ4v) is 1.67. The van der Waals surface area contributed by atoms with E-state index in [2.05, 4.69) is 21.2 Å². The second-order valence-electron chi connectivity index (χ2n) is 4.23. The van der Waals surface area contributed by atoms with Crippen molar-refractivity contribution in [1.82, 2.24) is 0 Å². The van der Waals surface area contributed by atoms with Gasteiger partial charge in [0.05, 0.1) is 11.6 Å². The zero-order chi connectivity index (χ0) is 13.9. The summed E-state index contributed by atoms with van der Waals surface area (Å²) in [4.78, 5) is 22.7. The minimum absolute atomic E-state index is 0.502. The number of ether oxygens (including phenoxy) is 1. The lowest BCUT2D eigenvalue weighted by atomic mass is 9.92. The number of amides is 1. The third kappa shape index (κ3) is 3.01. The first-order valence-electron chi connectivity index (χ1n) is 5.17. The second-order valence-corrected chi connectivity index (χ2v) is 5.09. The molecule has 98 valence electrons. The predicted octanol–water partition coefficient (Wildman–Crippen LogP) is 2.51. The van der Waals surface area contributed by atoms with Crippen molar-refractivity contribution in [3.63, 3.8) is 0 Å². The Balaban J connectivity index is 2.89. The van der Waals surface area contributed by atoms with Crippen LogP contribution in [0.4, 0.5) is 5.69 Å². The number of carboxylic acid groups (broad SMARTS) is 1. The van der Waals surface area contributed by atoms with Gasteiger partial charge in [0.1, 0.15) is 11.2 Å². The van der Waals surface area contributed by atoms with Crippen LogP contribution in [0.2, 0.25) is 0 Å². The van der Waals surface area contributed by atoms with Gasteiger partial charge in [0.2, 0.25) is 5.91 Å². The van der Waals surface area contributed by atoms with Gasteiger partial charge in [0.15, 0.2) is 0 Å². The summed E-state index contributed by atoms with van der Waals surface area (Å²) in [6, 6.07) is 4.96. The molecule has 0 bridgehead atoms. The van der Waals surface area contributed by atoms with E-state index >= 15 is 0 Å². The number of hydrogen-bond acceptors (Lipinski definition) is 3. The zero-order valence-electron chi connectivity index (χ0n) is 10.3. The van der Waals surface area contributed by atoms with Crippen LogP contribution in [-0.4, -0.2) is 24.1 Å². The molecule has 0 aliphatic rings. The average molecular weight is 316 g/mol. The van der Waals surface area contributed by atoms with Gasteiger partial charge in [-0.3, -0.25) is 9.59 Å². The summed E-state index contributed by atoms with van der Waals surface area (Å²) in [6.45, 7) is 2.70. The first-order chi connectivity index (χ1) is 8.28. The lowest BCUT2D eigenvalue weighted by Crippen LogP contribution is -2.37. The number of nitrogens with one attached hydrogen (secondary N) is 1.